The van der Waals surface area contributed by atoms with Gasteiger partial charge in [-0.15, -0.1) is 5.10 Å². The fourth-order valence-corrected chi connectivity index (χ4v) is 5.12. The van der Waals surface area contributed by atoms with E-state index in [1.807, 2.05) is 30.3 Å². The summed E-state index contributed by atoms with van der Waals surface area (Å²) in [7, 11) is 3.18. The van der Waals surface area contributed by atoms with Crippen molar-refractivity contribution in [3.63, 3.8) is 0 Å². The number of pyridine rings is 1. The van der Waals surface area contributed by atoms with Crippen LogP contribution in [0.2, 0.25) is 0 Å². The molecule has 1 aromatic carbocycles. The van der Waals surface area contributed by atoms with Crippen LogP contribution < -0.4 is 14.2 Å². The minimum atomic E-state index is -0.403. The Labute approximate surface area is 207 Å². The third kappa shape index (κ3) is 3.50. The first kappa shape index (κ1) is 22.2. The van der Waals surface area contributed by atoms with Crippen LogP contribution in [0.3, 0.4) is 0 Å². The van der Waals surface area contributed by atoms with Gasteiger partial charge in [0.05, 0.1) is 25.7 Å². The number of aromatic nitrogens is 5. The van der Waals surface area contributed by atoms with Crippen LogP contribution in [-0.2, 0) is 4.79 Å². The second-order valence-corrected chi connectivity index (χ2v) is 9.84. The quantitative estimate of drug-likeness (QED) is 0.422. The molecule has 9 heteroatoms. The van der Waals surface area contributed by atoms with Gasteiger partial charge in [-0.3, -0.25) is 9.78 Å². The first-order valence-corrected chi connectivity index (χ1v) is 11.7. The fourth-order valence-electron chi connectivity index (χ4n) is 5.12. The number of hydrogen-bond donors (Lipinski definition) is 0. The molecule has 2 aliphatic rings. The van der Waals surface area contributed by atoms with Crippen LogP contribution >= 0.6 is 0 Å². The molecular weight excluding hydrogens is 458 g/mol. The number of rotatable bonds is 4. The van der Waals surface area contributed by atoms with E-state index in [1.165, 1.54) is 0 Å². The van der Waals surface area contributed by atoms with Crippen molar-refractivity contribution >= 4 is 11.4 Å². The van der Waals surface area contributed by atoms with E-state index >= 15 is 0 Å². The number of benzene rings is 1. The van der Waals surface area contributed by atoms with Gasteiger partial charge in [-0.25, -0.2) is 14.5 Å². The smallest absolute Gasteiger partial charge is 0.228 e. The van der Waals surface area contributed by atoms with E-state index in [4.69, 9.17) is 19.2 Å². The van der Waals surface area contributed by atoms with Crippen LogP contribution in [0.15, 0.2) is 60.4 Å². The summed E-state index contributed by atoms with van der Waals surface area (Å²) in [6.07, 6.45) is 6.19. The topological polar surface area (TPSA) is 101 Å². The number of fused-ring (bicyclic) bond motifs is 3. The highest BCUT2D eigenvalue weighted by Gasteiger charge is 2.44. The molecule has 0 amide bonds. The monoisotopic (exact) mass is 483 g/mol. The molecular formula is C27H25N5O4. The van der Waals surface area contributed by atoms with E-state index < -0.39 is 5.92 Å². The van der Waals surface area contributed by atoms with E-state index in [-0.39, 0.29) is 11.2 Å². The molecule has 1 atom stereocenters. The van der Waals surface area contributed by atoms with Gasteiger partial charge in [0.15, 0.2) is 28.8 Å². The van der Waals surface area contributed by atoms with Crippen molar-refractivity contribution in [3.05, 3.63) is 71.5 Å². The van der Waals surface area contributed by atoms with Gasteiger partial charge in [0.25, 0.3) is 0 Å². The Morgan fingerprint density at radius 2 is 1.94 bits per heavy atom. The van der Waals surface area contributed by atoms with Gasteiger partial charge in [-0.05, 0) is 35.2 Å². The van der Waals surface area contributed by atoms with Gasteiger partial charge in [0, 0.05) is 36.4 Å². The molecule has 0 radical (unpaired) electrons. The Morgan fingerprint density at radius 3 is 2.69 bits per heavy atom. The molecule has 4 aromatic rings. The molecule has 9 nitrogen and oxygen atoms in total. The lowest BCUT2D eigenvalue weighted by Crippen LogP contribution is -2.33. The lowest BCUT2D eigenvalue weighted by atomic mass is 9.70. The molecule has 0 spiro atoms. The van der Waals surface area contributed by atoms with E-state index in [0.717, 1.165) is 11.1 Å². The van der Waals surface area contributed by atoms with Crippen LogP contribution in [0, 0.1) is 5.41 Å². The van der Waals surface area contributed by atoms with Crippen molar-refractivity contribution in [2.75, 3.05) is 14.2 Å². The molecule has 0 saturated carbocycles. The molecule has 6 rings (SSSR count). The highest BCUT2D eigenvalue weighted by Crippen LogP contribution is 2.50. The number of nitrogens with zero attached hydrogens (tertiary/aromatic N) is 5. The maximum absolute atomic E-state index is 13.5. The van der Waals surface area contributed by atoms with E-state index in [0.29, 0.717) is 58.6 Å². The van der Waals surface area contributed by atoms with Crippen molar-refractivity contribution in [2.45, 2.75) is 32.6 Å². The highest BCUT2D eigenvalue weighted by molar-refractivity contribution is 6.00. The molecule has 0 bridgehead atoms. The third-order valence-corrected chi connectivity index (χ3v) is 6.72. The molecule has 0 saturated heterocycles. The lowest BCUT2D eigenvalue weighted by molar-refractivity contribution is -0.118. The highest BCUT2D eigenvalue weighted by atomic mass is 16.5. The molecule has 182 valence electrons. The molecule has 0 fully saturated rings. The minimum Gasteiger partial charge on any atom is -0.493 e. The average molecular weight is 484 g/mol. The average Bonchev–Trinajstić information content (AvgIpc) is 3.31. The number of ether oxygens (including phenoxy) is 3. The van der Waals surface area contributed by atoms with Crippen LogP contribution in [0.4, 0.5) is 0 Å². The molecule has 1 aliphatic carbocycles. The Morgan fingerprint density at radius 1 is 1.11 bits per heavy atom. The number of methoxy groups -OCH3 is 2. The SMILES string of the molecule is COc1ccc(-c2nc3c4c(ncn3n2)OC2=C(C(=O)CC(C)(C)C2)[C@@H]4c2cccnc2)cc1OC. The summed E-state index contributed by atoms with van der Waals surface area (Å²) in [5.41, 5.74) is 3.38. The van der Waals surface area contributed by atoms with Gasteiger partial charge in [0.1, 0.15) is 12.1 Å². The standard InChI is InChI=1S/C27H25N5O4/c1-27(2)11-17(33)22-20(12-27)36-26-23(21(22)16-6-5-9-28-13-16)25-30-24(31-32(25)14-29-26)15-7-8-18(34-3)19(10-15)35-4/h5-10,13-14,21H,11-12H2,1-4H3/t21-/m0/s1. The summed E-state index contributed by atoms with van der Waals surface area (Å²) in [6, 6.07) is 9.36. The van der Waals surface area contributed by atoms with Crippen LogP contribution in [0.25, 0.3) is 17.0 Å². The van der Waals surface area contributed by atoms with Gasteiger partial charge in [-0.2, -0.15) is 0 Å². The van der Waals surface area contributed by atoms with Gasteiger partial charge < -0.3 is 14.2 Å². The Bertz CT molecular complexity index is 1540. The number of carbonyl (C=O) groups is 1. The predicted octanol–water partition coefficient (Wildman–Crippen LogP) is 4.37. The lowest BCUT2D eigenvalue weighted by Gasteiger charge is -2.37. The first-order chi connectivity index (χ1) is 17.4. The van der Waals surface area contributed by atoms with Gasteiger partial charge in [0.2, 0.25) is 5.88 Å². The number of ketones is 1. The predicted molar refractivity (Wildman–Crippen MR) is 131 cm³/mol. The molecule has 0 unspecified atom stereocenters. The first-order valence-electron chi connectivity index (χ1n) is 11.7. The minimum absolute atomic E-state index is 0.0717. The maximum Gasteiger partial charge on any atom is 0.228 e. The second kappa shape index (κ2) is 8.15. The third-order valence-electron chi connectivity index (χ3n) is 6.72. The number of hydrogen-bond acceptors (Lipinski definition) is 8. The molecule has 36 heavy (non-hydrogen) atoms. The maximum atomic E-state index is 13.5. The molecule has 0 N–H and O–H groups in total. The molecule has 3 aromatic heterocycles. The van der Waals surface area contributed by atoms with E-state index in [2.05, 4.69) is 28.9 Å². The zero-order valence-electron chi connectivity index (χ0n) is 20.5. The summed E-state index contributed by atoms with van der Waals surface area (Å²) in [5, 5.41) is 4.67. The summed E-state index contributed by atoms with van der Waals surface area (Å²) in [5.74, 6) is 2.47. The van der Waals surface area contributed by atoms with Gasteiger partial charge >= 0.3 is 0 Å². The van der Waals surface area contributed by atoms with Crippen LogP contribution in [0.1, 0.15) is 43.7 Å². The number of allylic oxidation sites excluding steroid dienone is 2. The number of carbonyl (C=O) groups excluding carboxylic acids is 1. The van der Waals surface area contributed by atoms with Crippen molar-refractivity contribution in [3.8, 4) is 28.8 Å². The van der Waals surface area contributed by atoms with E-state index in [9.17, 15) is 4.79 Å². The van der Waals surface area contributed by atoms with Crippen LogP contribution in [0.5, 0.6) is 17.4 Å². The van der Waals surface area contributed by atoms with Crippen molar-refractivity contribution in [2.24, 2.45) is 5.41 Å². The Balaban J connectivity index is 1.56. The van der Waals surface area contributed by atoms with Crippen molar-refractivity contribution in [1.29, 1.82) is 0 Å². The summed E-state index contributed by atoms with van der Waals surface area (Å²) in [4.78, 5) is 27.3. The van der Waals surface area contributed by atoms with Crippen molar-refractivity contribution < 1.29 is 19.0 Å². The Kier molecular flexibility index (Phi) is 5.03. The Hall–Kier alpha value is -4.27. The largest absolute Gasteiger partial charge is 0.493 e. The van der Waals surface area contributed by atoms with Gasteiger partial charge in [-0.1, -0.05) is 19.9 Å². The summed E-state index contributed by atoms with van der Waals surface area (Å²) in [6.45, 7) is 4.16. The zero-order chi connectivity index (χ0) is 25.0. The molecule has 1 aliphatic heterocycles. The normalized spacial score (nSPS) is 18.4. The van der Waals surface area contributed by atoms with E-state index in [1.54, 1.807) is 37.5 Å². The van der Waals surface area contributed by atoms with Crippen LogP contribution in [-0.4, -0.2) is 44.6 Å². The summed E-state index contributed by atoms with van der Waals surface area (Å²) < 4.78 is 18.7. The summed E-state index contributed by atoms with van der Waals surface area (Å²) >= 11 is 0. The zero-order valence-corrected chi connectivity index (χ0v) is 20.5. The second-order valence-electron chi connectivity index (χ2n) is 9.84. The fraction of sp³-hybridized carbons (Fsp3) is 0.296. The number of Topliss-reactive ketones (excluding diaryl/α,β-unsaturated/α-hetero) is 1. The van der Waals surface area contributed by atoms with Crippen molar-refractivity contribution in [1.82, 2.24) is 24.6 Å². The molecule has 4 heterocycles.